The fraction of sp³-hybridized carbons (Fsp3) is 0.778. The molecular weight excluding hydrogens is 172 g/mol. The van der Waals surface area contributed by atoms with Crippen LogP contribution < -0.4 is 0 Å². The van der Waals surface area contributed by atoms with E-state index in [1.807, 2.05) is 17.8 Å². The maximum Gasteiger partial charge on any atom is 0.121 e. The van der Waals surface area contributed by atoms with Gasteiger partial charge in [-0.15, -0.1) is 0 Å². The SMILES string of the molecule is OC(C1=CCCO1)C1CCSC1. The zero-order valence-corrected chi connectivity index (χ0v) is 7.85. The van der Waals surface area contributed by atoms with Gasteiger partial charge in [-0.1, -0.05) is 0 Å². The smallest absolute Gasteiger partial charge is 0.121 e. The first-order chi connectivity index (χ1) is 5.88. The molecule has 1 saturated heterocycles. The predicted molar refractivity (Wildman–Crippen MR) is 50.1 cm³/mol. The van der Waals surface area contributed by atoms with Crippen molar-refractivity contribution in [3.63, 3.8) is 0 Å². The highest BCUT2D eigenvalue weighted by Crippen LogP contribution is 2.30. The standard InChI is InChI=1S/C9H14O2S/c10-9(7-3-5-12-6-7)8-2-1-4-11-8/h2,7,9-10H,1,3-6H2. The highest BCUT2D eigenvalue weighted by Gasteiger charge is 2.28. The van der Waals surface area contributed by atoms with Gasteiger partial charge >= 0.3 is 0 Å². The molecule has 0 aromatic rings. The Kier molecular flexibility index (Phi) is 2.61. The topological polar surface area (TPSA) is 29.5 Å². The lowest BCUT2D eigenvalue weighted by Crippen LogP contribution is -2.22. The summed E-state index contributed by atoms with van der Waals surface area (Å²) in [4.78, 5) is 0. The molecule has 2 heterocycles. The summed E-state index contributed by atoms with van der Waals surface area (Å²) in [7, 11) is 0. The van der Waals surface area contributed by atoms with Crippen LogP contribution >= 0.6 is 11.8 Å². The first kappa shape index (κ1) is 8.45. The van der Waals surface area contributed by atoms with Crippen LogP contribution in [0.3, 0.4) is 0 Å². The Labute approximate surface area is 77.0 Å². The number of ether oxygens (including phenoxy) is 1. The van der Waals surface area contributed by atoms with E-state index >= 15 is 0 Å². The van der Waals surface area contributed by atoms with Crippen LogP contribution in [-0.4, -0.2) is 29.3 Å². The van der Waals surface area contributed by atoms with Crippen molar-refractivity contribution in [2.24, 2.45) is 5.92 Å². The molecule has 2 unspecified atom stereocenters. The Bertz CT molecular complexity index is 185. The van der Waals surface area contributed by atoms with E-state index in [1.165, 1.54) is 5.75 Å². The monoisotopic (exact) mass is 186 g/mol. The first-order valence-electron chi connectivity index (χ1n) is 4.46. The van der Waals surface area contributed by atoms with E-state index in [0.29, 0.717) is 5.92 Å². The molecule has 1 fully saturated rings. The quantitative estimate of drug-likeness (QED) is 0.707. The van der Waals surface area contributed by atoms with E-state index in [4.69, 9.17) is 4.74 Å². The Morgan fingerprint density at radius 2 is 2.58 bits per heavy atom. The van der Waals surface area contributed by atoms with Crippen LogP contribution in [0.4, 0.5) is 0 Å². The summed E-state index contributed by atoms with van der Waals surface area (Å²) in [5.74, 6) is 3.53. The van der Waals surface area contributed by atoms with Crippen molar-refractivity contribution < 1.29 is 9.84 Å². The van der Waals surface area contributed by atoms with Gasteiger partial charge in [0, 0.05) is 12.3 Å². The van der Waals surface area contributed by atoms with Crippen LogP contribution in [0.1, 0.15) is 12.8 Å². The van der Waals surface area contributed by atoms with Crippen LogP contribution in [0.15, 0.2) is 11.8 Å². The average Bonchev–Trinajstić information content (AvgIpc) is 2.77. The molecular formula is C9H14O2S. The summed E-state index contributed by atoms with van der Waals surface area (Å²) in [5.41, 5.74) is 0. The van der Waals surface area contributed by atoms with Crippen LogP contribution in [0, 0.1) is 5.92 Å². The zero-order chi connectivity index (χ0) is 8.39. The van der Waals surface area contributed by atoms with Crippen molar-refractivity contribution in [2.75, 3.05) is 18.1 Å². The Hall–Kier alpha value is -0.150. The highest BCUT2D eigenvalue weighted by atomic mass is 32.2. The van der Waals surface area contributed by atoms with Crippen molar-refractivity contribution >= 4 is 11.8 Å². The number of aliphatic hydroxyl groups excluding tert-OH is 1. The first-order valence-corrected chi connectivity index (χ1v) is 5.62. The number of rotatable bonds is 2. The second-order valence-electron chi connectivity index (χ2n) is 3.31. The van der Waals surface area contributed by atoms with E-state index in [2.05, 4.69) is 0 Å². The van der Waals surface area contributed by atoms with Crippen molar-refractivity contribution in [1.29, 1.82) is 0 Å². The van der Waals surface area contributed by atoms with Crippen molar-refractivity contribution in [3.8, 4) is 0 Å². The minimum atomic E-state index is -0.331. The molecule has 68 valence electrons. The van der Waals surface area contributed by atoms with Gasteiger partial charge in [0.05, 0.1) is 6.61 Å². The fourth-order valence-electron chi connectivity index (χ4n) is 1.68. The molecule has 1 N–H and O–H groups in total. The van der Waals surface area contributed by atoms with Gasteiger partial charge < -0.3 is 9.84 Å². The van der Waals surface area contributed by atoms with Crippen molar-refractivity contribution in [2.45, 2.75) is 18.9 Å². The maximum absolute atomic E-state index is 9.84. The minimum absolute atomic E-state index is 0.331. The van der Waals surface area contributed by atoms with E-state index in [1.54, 1.807) is 0 Å². The van der Waals surface area contributed by atoms with Gasteiger partial charge in [-0.3, -0.25) is 0 Å². The van der Waals surface area contributed by atoms with Crippen LogP contribution in [-0.2, 0) is 4.74 Å². The molecule has 2 aliphatic rings. The fourth-order valence-corrected chi connectivity index (χ4v) is 2.96. The normalized spacial score (nSPS) is 31.4. The van der Waals surface area contributed by atoms with Crippen molar-refractivity contribution in [1.82, 2.24) is 0 Å². The molecule has 0 spiro atoms. The third-order valence-corrected chi connectivity index (χ3v) is 3.62. The van der Waals surface area contributed by atoms with Gasteiger partial charge in [-0.25, -0.2) is 0 Å². The number of hydrogen-bond donors (Lipinski definition) is 1. The van der Waals surface area contributed by atoms with Crippen LogP contribution in [0.5, 0.6) is 0 Å². The summed E-state index contributed by atoms with van der Waals surface area (Å²) in [6, 6.07) is 0. The third kappa shape index (κ3) is 1.62. The molecule has 3 heteroatoms. The molecule has 2 nitrogen and oxygen atoms in total. The molecule has 0 saturated carbocycles. The molecule has 0 amide bonds. The zero-order valence-electron chi connectivity index (χ0n) is 7.03. The number of hydrogen-bond acceptors (Lipinski definition) is 3. The molecule has 2 rings (SSSR count). The second kappa shape index (κ2) is 3.71. The van der Waals surface area contributed by atoms with Crippen LogP contribution in [0.25, 0.3) is 0 Å². The molecule has 2 aliphatic heterocycles. The van der Waals surface area contributed by atoms with Crippen LogP contribution in [0.2, 0.25) is 0 Å². The molecule has 0 aromatic heterocycles. The molecule has 0 bridgehead atoms. The van der Waals surface area contributed by atoms with Gasteiger partial charge in [0.1, 0.15) is 11.9 Å². The Balaban J connectivity index is 1.93. The van der Waals surface area contributed by atoms with Crippen molar-refractivity contribution in [3.05, 3.63) is 11.8 Å². The summed E-state index contributed by atoms with van der Waals surface area (Å²) in [6.07, 6.45) is 3.79. The largest absolute Gasteiger partial charge is 0.495 e. The third-order valence-electron chi connectivity index (χ3n) is 2.44. The Morgan fingerprint density at radius 1 is 1.67 bits per heavy atom. The van der Waals surface area contributed by atoms with Gasteiger partial charge in [-0.2, -0.15) is 11.8 Å². The second-order valence-corrected chi connectivity index (χ2v) is 4.46. The molecule has 12 heavy (non-hydrogen) atoms. The lowest BCUT2D eigenvalue weighted by molar-refractivity contribution is 0.0826. The average molecular weight is 186 g/mol. The van der Waals surface area contributed by atoms with Gasteiger partial charge in [0.15, 0.2) is 0 Å². The minimum Gasteiger partial charge on any atom is -0.495 e. The maximum atomic E-state index is 9.84. The summed E-state index contributed by atoms with van der Waals surface area (Å²) in [6.45, 7) is 0.756. The molecule has 0 aliphatic carbocycles. The lowest BCUT2D eigenvalue weighted by atomic mass is 10.0. The van der Waals surface area contributed by atoms with Gasteiger partial charge in [0.25, 0.3) is 0 Å². The van der Waals surface area contributed by atoms with E-state index in [0.717, 1.165) is 31.0 Å². The van der Waals surface area contributed by atoms with Gasteiger partial charge in [-0.05, 0) is 24.0 Å². The predicted octanol–water partition coefficient (Wildman–Crippen LogP) is 1.40. The lowest BCUT2D eigenvalue weighted by Gasteiger charge is -2.17. The Morgan fingerprint density at radius 3 is 3.17 bits per heavy atom. The molecule has 0 aromatic carbocycles. The molecule has 2 atom stereocenters. The summed E-state index contributed by atoms with van der Waals surface area (Å²) in [5, 5.41) is 9.84. The number of thioether (sulfide) groups is 1. The van der Waals surface area contributed by atoms with E-state index in [-0.39, 0.29) is 6.10 Å². The summed E-state index contributed by atoms with van der Waals surface area (Å²) >= 11 is 1.93. The summed E-state index contributed by atoms with van der Waals surface area (Å²) < 4.78 is 5.33. The highest BCUT2D eigenvalue weighted by molar-refractivity contribution is 7.99. The van der Waals surface area contributed by atoms with Gasteiger partial charge in [0.2, 0.25) is 0 Å². The number of aliphatic hydroxyl groups is 1. The van der Waals surface area contributed by atoms with E-state index in [9.17, 15) is 5.11 Å². The molecule has 0 radical (unpaired) electrons. The van der Waals surface area contributed by atoms with E-state index < -0.39 is 0 Å².